The van der Waals surface area contributed by atoms with E-state index in [2.05, 4.69) is 33.0 Å². The summed E-state index contributed by atoms with van der Waals surface area (Å²) >= 11 is 3.45. The van der Waals surface area contributed by atoms with E-state index in [1.165, 1.54) is 11.1 Å². The van der Waals surface area contributed by atoms with E-state index in [1.807, 2.05) is 25.2 Å². The molecule has 0 aliphatic heterocycles. The predicted molar refractivity (Wildman–Crippen MR) is 82.9 cm³/mol. The van der Waals surface area contributed by atoms with Crippen LogP contribution in [0, 0.1) is 0 Å². The Kier molecular flexibility index (Phi) is 3.57. The summed E-state index contributed by atoms with van der Waals surface area (Å²) in [5.41, 5.74) is 3.33. The van der Waals surface area contributed by atoms with Crippen molar-refractivity contribution in [3.63, 3.8) is 0 Å². The van der Waals surface area contributed by atoms with Gasteiger partial charge in [-0.2, -0.15) is 0 Å². The first kappa shape index (κ1) is 13.3. The number of nitrogens with zero attached hydrogens (tertiary/aromatic N) is 2. The van der Waals surface area contributed by atoms with Gasteiger partial charge in [0, 0.05) is 19.4 Å². The molecule has 0 bridgehead atoms. The number of carbonyl (C=O) groups excluding carboxylic acids is 1. The molecule has 1 unspecified atom stereocenters. The third-order valence-corrected chi connectivity index (χ3v) is 4.48. The molecule has 3 nitrogen and oxygen atoms in total. The van der Waals surface area contributed by atoms with Crippen LogP contribution >= 0.6 is 15.9 Å². The lowest BCUT2D eigenvalue weighted by atomic mass is 10.00. The molecule has 102 valence electrons. The van der Waals surface area contributed by atoms with Crippen LogP contribution in [0.3, 0.4) is 0 Å². The summed E-state index contributed by atoms with van der Waals surface area (Å²) in [6, 6.07) is 10.1. The lowest BCUT2D eigenvalue weighted by Gasteiger charge is -2.22. The van der Waals surface area contributed by atoms with Gasteiger partial charge < -0.3 is 4.90 Å². The van der Waals surface area contributed by atoms with E-state index in [4.69, 9.17) is 0 Å². The van der Waals surface area contributed by atoms with Crippen LogP contribution in [-0.2, 0) is 11.2 Å². The van der Waals surface area contributed by atoms with E-state index in [0.717, 1.165) is 23.0 Å². The monoisotopic (exact) mass is 330 g/mol. The van der Waals surface area contributed by atoms with Crippen molar-refractivity contribution in [2.45, 2.75) is 18.8 Å². The Morgan fingerprint density at radius 2 is 2.15 bits per heavy atom. The Hall–Kier alpha value is -1.68. The molecule has 3 rings (SSSR count). The van der Waals surface area contributed by atoms with E-state index in [-0.39, 0.29) is 11.8 Å². The van der Waals surface area contributed by atoms with Crippen LogP contribution in [0.5, 0.6) is 0 Å². The number of carbonyl (C=O) groups is 1. The molecule has 1 aromatic carbocycles. The molecular formula is C16H15BrN2O. The molecule has 4 heteroatoms. The molecule has 1 aromatic heterocycles. The summed E-state index contributed by atoms with van der Waals surface area (Å²) in [4.78, 5) is 18.5. The van der Waals surface area contributed by atoms with Crippen molar-refractivity contribution in [3.05, 3.63) is 58.3 Å². The summed E-state index contributed by atoms with van der Waals surface area (Å²) in [7, 11) is 1.82. The zero-order chi connectivity index (χ0) is 14.1. The van der Waals surface area contributed by atoms with Crippen molar-refractivity contribution in [3.8, 4) is 0 Å². The van der Waals surface area contributed by atoms with Crippen LogP contribution in [0.15, 0.2) is 47.2 Å². The topological polar surface area (TPSA) is 33.2 Å². The van der Waals surface area contributed by atoms with Gasteiger partial charge in [-0.3, -0.25) is 9.78 Å². The number of aromatic nitrogens is 1. The molecule has 1 amide bonds. The highest BCUT2D eigenvalue weighted by Crippen LogP contribution is 2.35. The van der Waals surface area contributed by atoms with E-state index >= 15 is 0 Å². The second-order valence-electron chi connectivity index (χ2n) is 5.01. The molecular weight excluding hydrogens is 316 g/mol. The fourth-order valence-corrected chi connectivity index (χ4v) is 3.32. The van der Waals surface area contributed by atoms with Gasteiger partial charge in [-0.25, -0.2) is 0 Å². The first-order chi connectivity index (χ1) is 9.68. The van der Waals surface area contributed by atoms with Crippen molar-refractivity contribution in [1.29, 1.82) is 0 Å². The van der Waals surface area contributed by atoms with Crippen molar-refractivity contribution >= 4 is 27.5 Å². The lowest BCUT2D eigenvalue weighted by molar-refractivity contribution is -0.119. The Morgan fingerprint density at radius 3 is 2.95 bits per heavy atom. The largest absolute Gasteiger partial charge is 0.314 e. The first-order valence-corrected chi connectivity index (χ1v) is 7.42. The molecule has 1 heterocycles. The fourth-order valence-electron chi connectivity index (χ4n) is 2.81. The number of anilines is 1. The van der Waals surface area contributed by atoms with Crippen LogP contribution in [-0.4, -0.2) is 17.9 Å². The number of fused-ring (bicyclic) bond motifs is 1. The number of pyridine rings is 1. The summed E-state index contributed by atoms with van der Waals surface area (Å²) in [6.07, 6.45) is 5.29. The standard InChI is InChI=1S/C16H15BrN2O/c1-19(15-8-9-18-10-14(15)17)16(20)13-7-6-11-4-2-3-5-12(11)13/h2-5,8-10,13H,6-7H2,1H3. The van der Waals surface area contributed by atoms with Gasteiger partial charge in [0.15, 0.2) is 0 Å². The van der Waals surface area contributed by atoms with E-state index in [1.54, 1.807) is 17.3 Å². The van der Waals surface area contributed by atoms with Crippen molar-refractivity contribution in [1.82, 2.24) is 4.98 Å². The molecule has 20 heavy (non-hydrogen) atoms. The molecule has 1 atom stereocenters. The van der Waals surface area contributed by atoms with Crippen molar-refractivity contribution in [2.75, 3.05) is 11.9 Å². The highest BCUT2D eigenvalue weighted by Gasteiger charge is 2.31. The van der Waals surface area contributed by atoms with Gasteiger partial charge in [0.05, 0.1) is 16.1 Å². The van der Waals surface area contributed by atoms with Gasteiger partial charge in [0.2, 0.25) is 5.91 Å². The highest BCUT2D eigenvalue weighted by molar-refractivity contribution is 9.10. The second-order valence-corrected chi connectivity index (χ2v) is 5.87. The fraction of sp³-hybridized carbons (Fsp3) is 0.250. The first-order valence-electron chi connectivity index (χ1n) is 6.63. The molecule has 0 N–H and O–H groups in total. The summed E-state index contributed by atoms with van der Waals surface area (Å²) in [6.45, 7) is 0. The number of amides is 1. The number of likely N-dealkylation sites (N-methyl/N-ethyl adjacent to an activating group) is 1. The number of rotatable bonds is 2. The maximum Gasteiger partial charge on any atom is 0.234 e. The molecule has 0 spiro atoms. The number of halogens is 1. The average molecular weight is 331 g/mol. The quantitative estimate of drug-likeness (QED) is 0.843. The number of benzene rings is 1. The van der Waals surface area contributed by atoms with Gasteiger partial charge in [0.25, 0.3) is 0 Å². The summed E-state index contributed by atoms with van der Waals surface area (Å²) in [5, 5.41) is 0. The van der Waals surface area contributed by atoms with E-state index in [0.29, 0.717) is 0 Å². The smallest absolute Gasteiger partial charge is 0.234 e. The van der Waals surface area contributed by atoms with E-state index in [9.17, 15) is 4.79 Å². The van der Waals surface area contributed by atoms with Gasteiger partial charge in [-0.15, -0.1) is 0 Å². The van der Waals surface area contributed by atoms with Gasteiger partial charge >= 0.3 is 0 Å². The maximum absolute atomic E-state index is 12.7. The number of hydrogen-bond acceptors (Lipinski definition) is 2. The maximum atomic E-state index is 12.7. The minimum Gasteiger partial charge on any atom is -0.314 e. The van der Waals surface area contributed by atoms with Gasteiger partial charge in [-0.1, -0.05) is 24.3 Å². The summed E-state index contributed by atoms with van der Waals surface area (Å²) < 4.78 is 0.835. The molecule has 2 aromatic rings. The zero-order valence-electron chi connectivity index (χ0n) is 11.2. The minimum atomic E-state index is -0.0312. The van der Waals surface area contributed by atoms with Crippen LogP contribution in [0.2, 0.25) is 0 Å². The third-order valence-electron chi connectivity index (χ3n) is 3.87. The Balaban J connectivity index is 1.89. The van der Waals surface area contributed by atoms with Crippen molar-refractivity contribution in [2.24, 2.45) is 0 Å². The molecule has 1 aliphatic rings. The van der Waals surface area contributed by atoms with Crippen LogP contribution in [0.1, 0.15) is 23.5 Å². The highest BCUT2D eigenvalue weighted by atomic mass is 79.9. The number of hydrogen-bond donors (Lipinski definition) is 0. The Morgan fingerprint density at radius 1 is 1.35 bits per heavy atom. The van der Waals surface area contributed by atoms with Crippen LogP contribution in [0.25, 0.3) is 0 Å². The Labute approximate surface area is 126 Å². The second kappa shape index (κ2) is 5.37. The Bertz CT molecular complexity index is 656. The SMILES string of the molecule is CN(C(=O)C1CCc2ccccc21)c1ccncc1Br. The third kappa shape index (κ3) is 2.24. The van der Waals surface area contributed by atoms with Gasteiger partial charge in [-0.05, 0) is 46.0 Å². The van der Waals surface area contributed by atoms with Crippen LogP contribution in [0.4, 0.5) is 5.69 Å². The average Bonchev–Trinajstić information content (AvgIpc) is 2.90. The lowest BCUT2D eigenvalue weighted by Crippen LogP contribution is -2.31. The van der Waals surface area contributed by atoms with E-state index < -0.39 is 0 Å². The predicted octanol–water partition coefficient (Wildman–Crippen LogP) is 3.54. The normalized spacial score (nSPS) is 16.8. The van der Waals surface area contributed by atoms with Crippen LogP contribution < -0.4 is 4.90 Å². The minimum absolute atomic E-state index is 0.0312. The molecule has 0 radical (unpaired) electrons. The molecule has 0 saturated heterocycles. The number of aryl methyl sites for hydroxylation is 1. The molecule has 1 aliphatic carbocycles. The molecule has 0 fully saturated rings. The molecule has 0 saturated carbocycles. The summed E-state index contributed by atoms with van der Waals surface area (Å²) in [5.74, 6) is 0.109. The zero-order valence-corrected chi connectivity index (χ0v) is 12.8. The van der Waals surface area contributed by atoms with Crippen molar-refractivity contribution < 1.29 is 4.79 Å². The van der Waals surface area contributed by atoms with Gasteiger partial charge in [0.1, 0.15) is 0 Å².